The third kappa shape index (κ3) is 8.39. The summed E-state index contributed by atoms with van der Waals surface area (Å²) >= 11 is 12.0. The molecule has 0 aliphatic carbocycles. The fraction of sp³-hybridized carbons (Fsp3) is 0.379. The Bertz CT molecular complexity index is 1670. The van der Waals surface area contributed by atoms with E-state index < -0.39 is 46.8 Å². The van der Waals surface area contributed by atoms with E-state index >= 15 is 4.39 Å². The number of methoxy groups -OCH3 is 1. The van der Waals surface area contributed by atoms with E-state index in [0.29, 0.717) is 15.2 Å². The number of hydrogen-bond acceptors (Lipinski definition) is 7. The number of nitrogens with one attached hydrogen (secondary N) is 1. The molecule has 0 unspecified atom stereocenters. The third-order valence-corrected chi connectivity index (χ3v) is 7.82. The first-order valence-corrected chi connectivity index (χ1v) is 14.3. The summed E-state index contributed by atoms with van der Waals surface area (Å²) < 4.78 is 63.2. The van der Waals surface area contributed by atoms with Gasteiger partial charge in [0.2, 0.25) is 5.43 Å². The van der Waals surface area contributed by atoms with E-state index in [2.05, 4.69) is 5.32 Å². The molecular formula is C29H30Cl2F4N4O7. The Morgan fingerprint density at radius 3 is 2.28 bits per heavy atom. The second-order valence-electron chi connectivity index (χ2n) is 10.4. The highest BCUT2D eigenvalue weighted by atomic mass is 35.5. The number of carboxylic acid groups (broad SMARTS) is 2. The average Bonchev–Trinajstić information content (AvgIpc) is 2.94. The van der Waals surface area contributed by atoms with Crippen LogP contribution >= 0.6 is 23.2 Å². The number of amides is 1. The molecule has 0 bridgehead atoms. The van der Waals surface area contributed by atoms with Gasteiger partial charge in [0.25, 0.3) is 12.4 Å². The topological polar surface area (TPSA) is 141 Å². The molecule has 1 amide bonds. The number of benzene rings is 2. The van der Waals surface area contributed by atoms with E-state index in [1.54, 1.807) is 23.6 Å². The van der Waals surface area contributed by atoms with Gasteiger partial charge in [0.1, 0.15) is 17.8 Å². The lowest BCUT2D eigenvalue weighted by atomic mass is 10.0. The fourth-order valence-corrected chi connectivity index (χ4v) is 5.87. The van der Waals surface area contributed by atoms with Gasteiger partial charge in [0, 0.05) is 48.0 Å². The summed E-state index contributed by atoms with van der Waals surface area (Å²) in [4.78, 5) is 49.5. The Morgan fingerprint density at radius 2 is 1.76 bits per heavy atom. The zero-order valence-electron chi connectivity index (χ0n) is 24.7. The predicted molar refractivity (Wildman–Crippen MR) is 163 cm³/mol. The molecule has 1 aliphatic heterocycles. The lowest BCUT2D eigenvalue weighted by molar-refractivity contribution is -0.140. The highest BCUT2D eigenvalue weighted by Crippen LogP contribution is 2.40. The third-order valence-electron chi connectivity index (χ3n) is 7.23. The second kappa shape index (κ2) is 15.0. The van der Waals surface area contributed by atoms with E-state index in [1.807, 2.05) is 0 Å². The molecule has 4 rings (SSSR count). The smallest absolute Gasteiger partial charge is 0.406 e. The normalized spacial score (nSPS) is 16.8. The van der Waals surface area contributed by atoms with E-state index in [4.69, 9.17) is 37.8 Å². The number of carbonyl (C=O) groups is 3. The van der Waals surface area contributed by atoms with Crippen molar-refractivity contribution < 1.29 is 46.9 Å². The number of aliphatic carboxylic acids is 1. The van der Waals surface area contributed by atoms with Crippen molar-refractivity contribution in [1.29, 1.82) is 0 Å². The van der Waals surface area contributed by atoms with Crippen LogP contribution in [0.2, 0.25) is 10.0 Å². The highest BCUT2D eigenvalue weighted by molar-refractivity contribution is 6.35. The van der Waals surface area contributed by atoms with E-state index in [1.165, 1.54) is 18.2 Å². The molecule has 11 nitrogen and oxygen atoms in total. The van der Waals surface area contributed by atoms with Crippen LogP contribution in [0.25, 0.3) is 10.9 Å². The maximum absolute atomic E-state index is 15.8. The van der Waals surface area contributed by atoms with Crippen LogP contribution in [-0.2, 0) is 22.7 Å². The van der Waals surface area contributed by atoms with Crippen LogP contribution in [0.3, 0.4) is 0 Å². The Kier molecular flexibility index (Phi) is 11.9. The van der Waals surface area contributed by atoms with Crippen LogP contribution in [-0.4, -0.2) is 83.0 Å². The number of anilines is 1. The Hall–Kier alpha value is -4.08. The number of fused-ring (bicyclic) bond motifs is 1. The molecular weight excluding hydrogens is 663 g/mol. The minimum absolute atomic E-state index is 0.133. The lowest BCUT2D eigenvalue weighted by Crippen LogP contribution is -2.58. The molecule has 0 saturated carbocycles. The summed E-state index contributed by atoms with van der Waals surface area (Å²) in [7, 11) is 1.14. The molecule has 2 atom stereocenters. The van der Waals surface area contributed by atoms with Gasteiger partial charge in [-0.1, -0.05) is 29.3 Å². The first-order chi connectivity index (χ1) is 21.5. The van der Waals surface area contributed by atoms with Crippen LogP contribution in [0, 0.1) is 5.82 Å². The van der Waals surface area contributed by atoms with Gasteiger partial charge in [0.15, 0.2) is 11.6 Å². The molecule has 1 aromatic heterocycles. The number of pyridine rings is 1. The average molecular weight is 693 g/mol. The summed E-state index contributed by atoms with van der Waals surface area (Å²) in [6.45, 7) is 1.51. The number of nitrogens with zero attached hydrogens (tertiary/aromatic N) is 3. The van der Waals surface area contributed by atoms with Crippen LogP contribution in [0.15, 0.2) is 35.3 Å². The van der Waals surface area contributed by atoms with Crippen molar-refractivity contribution in [2.75, 3.05) is 31.6 Å². The standard InChI is InChI=1S/C28H28Cl2F4N4O5.CH2O2/c1-14-9-36(10-15(2)38(14)12-22(39)40)24-21(31)7-18-23(26(24)43-3)37(13-28(32,33)34)11-19(25(18)41)27(42)35-8-16-4-5-17(29)6-20(16)30;2-1-3/h4-7,11,14-15H,8-10,12-13H2,1-3H3,(H,35,42)(H,39,40);1H,(H,2,3)/t14-,15+;. The lowest BCUT2D eigenvalue weighted by Gasteiger charge is -2.45. The zero-order chi connectivity index (χ0) is 34.5. The van der Waals surface area contributed by atoms with Crippen molar-refractivity contribution in [2.45, 2.75) is 45.2 Å². The molecule has 1 saturated heterocycles. The fourth-order valence-electron chi connectivity index (χ4n) is 5.40. The van der Waals surface area contributed by atoms with Gasteiger partial charge in [0.05, 0.1) is 24.6 Å². The summed E-state index contributed by atoms with van der Waals surface area (Å²) in [5.74, 6) is -3.29. The minimum Gasteiger partial charge on any atom is -0.492 e. The van der Waals surface area contributed by atoms with Gasteiger partial charge in [-0.3, -0.25) is 24.1 Å². The molecule has 17 heteroatoms. The summed E-state index contributed by atoms with van der Waals surface area (Å²) in [5.41, 5.74) is -1.70. The minimum atomic E-state index is -4.78. The zero-order valence-corrected chi connectivity index (χ0v) is 26.2. The van der Waals surface area contributed by atoms with Crippen LogP contribution in [0.4, 0.5) is 23.2 Å². The van der Waals surface area contributed by atoms with E-state index in [0.717, 1.165) is 19.4 Å². The predicted octanol–water partition coefficient (Wildman–Crippen LogP) is 4.63. The largest absolute Gasteiger partial charge is 0.492 e. The van der Waals surface area contributed by atoms with Crippen LogP contribution in [0.5, 0.6) is 5.75 Å². The van der Waals surface area contributed by atoms with Crippen molar-refractivity contribution in [3.63, 3.8) is 0 Å². The quantitative estimate of drug-likeness (QED) is 0.228. The summed E-state index contributed by atoms with van der Waals surface area (Å²) in [5, 5.41) is 18.7. The Balaban J connectivity index is 0.00000185. The number of rotatable bonds is 8. The molecule has 2 aromatic carbocycles. The van der Waals surface area contributed by atoms with Crippen molar-refractivity contribution in [3.05, 3.63) is 67.7 Å². The SMILES string of the molecule is COc1c(N2C[C@@H](C)N(CC(=O)O)[C@@H](C)C2)c(F)cc2c(=O)c(C(=O)NCc3ccc(Cl)cc3Cl)cn(CC(F)(F)F)c12.O=CO. The number of ether oxygens (including phenoxy) is 1. The highest BCUT2D eigenvalue weighted by Gasteiger charge is 2.36. The number of carbonyl (C=O) groups excluding carboxylic acids is 1. The summed E-state index contributed by atoms with van der Waals surface area (Å²) in [6, 6.07) is 4.58. The van der Waals surface area contributed by atoms with Crippen molar-refractivity contribution in [1.82, 2.24) is 14.8 Å². The number of hydrogen-bond donors (Lipinski definition) is 3. The molecule has 0 radical (unpaired) electrons. The van der Waals surface area contributed by atoms with Crippen molar-refractivity contribution in [3.8, 4) is 5.75 Å². The number of halogens is 6. The number of carboxylic acids is 1. The Labute approximate surface area is 269 Å². The van der Waals surface area contributed by atoms with E-state index in [9.17, 15) is 32.7 Å². The van der Waals surface area contributed by atoms with Gasteiger partial charge >= 0.3 is 12.1 Å². The molecule has 1 aliphatic rings. The van der Waals surface area contributed by atoms with Crippen LogP contribution in [0.1, 0.15) is 29.8 Å². The maximum Gasteiger partial charge on any atom is 0.406 e. The number of aromatic nitrogens is 1. The van der Waals surface area contributed by atoms with Gasteiger partial charge in [-0.05, 0) is 37.6 Å². The van der Waals surface area contributed by atoms with Gasteiger partial charge < -0.3 is 29.7 Å². The molecule has 3 aromatic rings. The second-order valence-corrected chi connectivity index (χ2v) is 11.3. The van der Waals surface area contributed by atoms with Gasteiger partial charge in [-0.15, -0.1) is 0 Å². The monoisotopic (exact) mass is 692 g/mol. The molecule has 46 heavy (non-hydrogen) atoms. The molecule has 3 N–H and O–H groups in total. The van der Waals surface area contributed by atoms with Gasteiger partial charge in [-0.2, -0.15) is 13.2 Å². The maximum atomic E-state index is 15.8. The molecule has 250 valence electrons. The van der Waals surface area contributed by atoms with Crippen molar-refractivity contribution >= 4 is 58.1 Å². The number of piperazine rings is 1. The molecule has 0 spiro atoms. The Morgan fingerprint density at radius 1 is 1.15 bits per heavy atom. The number of alkyl halides is 3. The molecule has 2 heterocycles. The van der Waals surface area contributed by atoms with Crippen LogP contribution < -0.4 is 20.4 Å². The summed E-state index contributed by atoms with van der Waals surface area (Å²) in [6.07, 6.45) is -4.01. The van der Waals surface area contributed by atoms with E-state index in [-0.39, 0.29) is 66.7 Å². The first kappa shape index (κ1) is 36.4. The van der Waals surface area contributed by atoms with Gasteiger partial charge in [-0.25, -0.2) is 4.39 Å². The molecule has 1 fully saturated rings. The first-order valence-electron chi connectivity index (χ1n) is 13.6. The van der Waals surface area contributed by atoms with Crippen molar-refractivity contribution in [2.24, 2.45) is 0 Å².